The van der Waals surface area contributed by atoms with E-state index in [1.165, 1.54) is 0 Å². The van der Waals surface area contributed by atoms with Crippen molar-refractivity contribution in [1.82, 2.24) is 4.98 Å². The van der Waals surface area contributed by atoms with E-state index in [9.17, 15) is 4.79 Å². The molecule has 0 atom stereocenters. The molecule has 1 N–H and O–H groups in total. The molecule has 13 heavy (non-hydrogen) atoms. The van der Waals surface area contributed by atoms with Crippen molar-refractivity contribution in [3.8, 4) is 0 Å². The van der Waals surface area contributed by atoms with Gasteiger partial charge in [0, 0.05) is 17.2 Å². The molecule has 0 unspecified atom stereocenters. The first kappa shape index (κ1) is 9.92. The average Bonchev–Trinajstić information content (AvgIpc) is 2.16. The smallest absolute Gasteiger partial charge is 0.153 e. The van der Waals surface area contributed by atoms with Crippen LogP contribution in [0.1, 0.15) is 10.4 Å². The van der Waals surface area contributed by atoms with Crippen LogP contribution in [0, 0.1) is 0 Å². The van der Waals surface area contributed by atoms with Gasteiger partial charge in [-0.15, -0.1) is 6.58 Å². The van der Waals surface area contributed by atoms with Gasteiger partial charge in [0.1, 0.15) is 5.82 Å². The molecule has 1 rings (SSSR count). The normalized spacial score (nSPS) is 9.31. The molecule has 0 saturated heterocycles. The number of carbonyl (C=O) groups is 1. The molecule has 0 bridgehead atoms. The van der Waals surface area contributed by atoms with Gasteiger partial charge in [-0.1, -0.05) is 6.08 Å². The Balaban J connectivity index is 2.91. The Morgan fingerprint density at radius 3 is 3.08 bits per heavy atom. The Morgan fingerprint density at radius 1 is 1.69 bits per heavy atom. The second-order valence-electron chi connectivity index (χ2n) is 2.38. The fourth-order valence-electron chi connectivity index (χ4n) is 0.861. The Kier molecular flexibility index (Phi) is 3.64. The third-order valence-electron chi connectivity index (χ3n) is 1.42. The molecule has 0 aliphatic heterocycles. The van der Waals surface area contributed by atoms with E-state index in [1.807, 2.05) is 0 Å². The van der Waals surface area contributed by atoms with Crippen LogP contribution in [0.3, 0.4) is 0 Å². The highest BCUT2D eigenvalue weighted by atomic mass is 79.9. The van der Waals surface area contributed by atoms with E-state index in [2.05, 4.69) is 32.8 Å². The number of carbonyl (C=O) groups excluding carboxylic acids is 1. The molecule has 0 saturated carbocycles. The van der Waals surface area contributed by atoms with Crippen molar-refractivity contribution in [1.29, 1.82) is 0 Å². The number of aldehydes is 1. The SMILES string of the molecule is C=CCNc1ncc(Br)cc1C=O. The van der Waals surface area contributed by atoms with Crippen molar-refractivity contribution < 1.29 is 4.79 Å². The van der Waals surface area contributed by atoms with Crippen LogP contribution in [-0.2, 0) is 0 Å². The summed E-state index contributed by atoms with van der Waals surface area (Å²) in [6.45, 7) is 4.15. The van der Waals surface area contributed by atoms with Crippen LogP contribution in [0.5, 0.6) is 0 Å². The summed E-state index contributed by atoms with van der Waals surface area (Å²) in [5.41, 5.74) is 0.538. The number of aromatic nitrogens is 1. The molecule has 0 spiro atoms. The van der Waals surface area contributed by atoms with Crippen LogP contribution in [-0.4, -0.2) is 17.8 Å². The molecule has 1 aromatic heterocycles. The maximum absolute atomic E-state index is 10.6. The molecule has 0 amide bonds. The Bertz CT molecular complexity index is 325. The lowest BCUT2D eigenvalue weighted by Gasteiger charge is -2.04. The lowest BCUT2D eigenvalue weighted by Crippen LogP contribution is -2.03. The van der Waals surface area contributed by atoms with Crippen LogP contribution in [0.2, 0.25) is 0 Å². The van der Waals surface area contributed by atoms with E-state index in [0.717, 1.165) is 10.8 Å². The fourth-order valence-corrected chi connectivity index (χ4v) is 1.21. The molecular formula is C9H9BrN2O. The zero-order valence-electron chi connectivity index (χ0n) is 6.96. The summed E-state index contributed by atoms with van der Waals surface area (Å²) >= 11 is 3.24. The van der Waals surface area contributed by atoms with Gasteiger partial charge in [-0.2, -0.15) is 0 Å². The number of hydrogen-bond donors (Lipinski definition) is 1. The van der Waals surface area contributed by atoms with E-state index >= 15 is 0 Å². The predicted molar refractivity (Wildman–Crippen MR) is 56.0 cm³/mol. The van der Waals surface area contributed by atoms with Crippen molar-refractivity contribution in [2.24, 2.45) is 0 Å². The molecule has 0 fully saturated rings. The Labute approximate surface area is 85.0 Å². The molecule has 3 nitrogen and oxygen atoms in total. The molecule has 0 radical (unpaired) electrons. The van der Waals surface area contributed by atoms with Gasteiger partial charge in [-0.05, 0) is 22.0 Å². The number of pyridine rings is 1. The Hall–Kier alpha value is -1.16. The molecule has 0 aliphatic rings. The summed E-state index contributed by atoms with van der Waals surface area (Å²) in [4.78, 5) is 14.7. The van der Waals surface area contributed by atoms with Crippen LogP contribution >= 0.6 is 15.9 Å². The van der Waals surface area contributed by atoms with Gasteiger partial charge in [0.2, 0.25) is 0 Å². The average molecular weight is 241 g/mol. The van der Waals surface area contributed by atoms with Gasteiger partial charge in [-0.3, -0.25) is 4.79 Å². The molecular weight excluding hydrogens is 232 g/mol. The number of anilines is 1. The van der Waals surface area contributed by atoms with Crippen LogP contribution in [0.25, 0.3) is 0 Å². The predicted octanol–water partition coefficient (Wildman–Crippen LogP) is 2.25. The lowest BCUT2D eigenvalue weighted by molar-refractivity contribution is 0.112. The third kappa shape index (κ3) is 2.66. The van der Waals surface area contributed by atoms with Crippen LogP contribution in [0.15, 0.2) is 29.4 Å². The fraction of sp³-hybridized carbons (Fsp3) is 0.111. The summed E-state index contributed by atoms with van der Waals surface area (Å²) in [5.74, 6) is 0.582. The minimum Gasteiger partial charge on any atom is -0.366 e. The first-order chi connectivity index (χ1) is 6.27. The van der Waals surface area contributed by atoms with Crippen molar-refractivity contribution in [2.75, 3.05) is 11.9 Å². The molecule has 0 aliphatic carbocycles. The van der Waals surface area contributed by atoms with Gasteiger partial charge < -0.3 is 5.32 Å². The Morgan fingerprint density at radius 2 is 2.46 bits per heavy atom. The highest BCUT2D eigenvalue weighted by Gasteiger charge is 2.01. The third-order valence-corrected chi connectivity index (χ3v) is 1.86. The van der Waals surface area contributed by atoms with E-state index in [4.69, 9.17) is 0 Å². The van der Waals surface area contributed by atoms with E-state index in [-0.39, 0.29) is 0 Å². The summed E-state index contributed by atoms with van der Waals surface area (Å²) in [6.07, 6.45) is 4.11. The maximum Gasteiger partial charge on any atom is 0.153 e. The number of hydrogen-bond acceptors (Lipinski definition) is 3. The minimum absolute atomic E-state index is 0.538. The second-order valence-corrected chi connectivity index (χ2v) is 3.29. The molecule has 4 heteroatoms. The lowest BCUT2D eigenvalue weighted by atomic mass is 10.3. The zero-order chi connectivity index (χ0) is 9.68. The summed E-state index contributed by atoms with van der Waals surface area (Å²) in [7, 11) is 0. The number of nitrogens with zero attached hydrogens (tertiary/aromatic N) is 1. The monoisotopic (exact) mass is 240 g/mol. The number of rotatable bonds is 4. The first-order valence-corrected chi connectivity index (χ1v) is 4.52. The zero-order valence-corrected chi connectivity index (χ0v) is 8.54. The van der Waals surface area contributed by atoms with Crippen LogP contribution < -0.4 is 5.32 Å². The van der Waals surface area contributed by atoms with Crippen molar-refractivity contribution >= 4 is 28.0 Å². The van der Waals surface area contributed by atoms with E-state index in [1.54, 1.807) is 18.3 Å². The van der Waals surface area contributed by atoms with Crippen molar-refractivity contribution in [3.05, 3.63) is 35.0 Å². The van der Waals surface area contributed by atoms with Gasteiger partial charge in [0.05, 0.1) is 5.56 Å². The van der Waals surface area contributed by atoms with Gasteiger partial charge >= 0.3 is 0 Å². The molecule has 1 heterocycles. The first-order valence-electron chi connectivity index (χ1n) is 3.73. The molecule has 0 aromatic carbocycles. The standard InChI is InChI=1S/C9H9BrN2O/c1-2-3-11-9-7(6-13)4-8(10)5-12-9/h2,4-6H,1,3H2,(H,11,12). The quantitative estimate of drug-likeness (QED) is 0.649. The number of nitrogens with one attached hydrogen (secondary N) is 1. The van der Waals surface area contributed by atoms with Gasteiger partial charge in [0.15, 0.2) is 6.29 Å². The molecule has 1 aromatic rings. The highest BCUT2D eigenvalue weighted by Crippen LogP contribution is 2.15. The number of halogens is 1. The van der Waals surface area contributed by atoms with Gasteiger partial charge in [0.25, 0.3) is 0 Å². The van der Waals surface area contributed by atoms with Crippen LogP contribution in [0.4, 0.5) is 5.82 Å². The van der Waals surface area contributed by atoms with Crippen molar-refractivity contribution in [3.63, 3.8) is 0 Å². The highest BCUT2D eigenvalue weighted by molar-refractivity contribution is 9.10. The molecule has 68 valence electrons. The minimum atomic E-state index is 0.538. The van der Waals surface area contributed by atoms with Crippen molar-refractivity contribution in [2.45, 2.75) is 0 Å². The van der Waals surface area contributed by atoms with E-state index < -0.39 is 0 Å². The second kappa shape index (κ2) is 4.77. The van der Waals surface area contributed by atoms with E-state index in [0.29, 0.717) is 17.9 Å². The topological polar surface area (TPSA) is 42.0 Å². The van der Waals surface area contributed by atoms with Gasteiger partial charge in [-0.25, -0.2) is 4.98 Å². The summed E-state index contributed by atoms with van der Waals surface area (Å²) in [5, 5.41) is 2.96. The largest absolute Gasteiger partial charge is 0.366 e. The summed E-state index contributed by atoms with van der Waals surface area (Å²) < 4.78 is 0.791. The maximum atomic E-state index is 10.6. The summed E-state index contributed by atoms with van der Waals surface area (Å²) in [6, 6.07) is 1.71.